The van der Waals surface area contributed by atoms with Gasteiger partial charge < -0.3 is 19.5 Å². The molecule has 11 heteroatoms. The Balaban J connectivity index is 1.56. The lowest BCUT2D eigenvalue weighted by Gasteiger charge is -2.40. The number of ether oxygens (including phenoxy) is 2. The Labute approximate surface area is 174 Å². The van der Waals surface area contributed by atoms with Gasteiger partial charge in [-0.15, -0.1) is 0 Å². The zero-order valence-electron chi connectivity index (χ0n) is 16.6. The molecule has 1 N–H and O–H groups in total. The Morgan fingerprint density at radius 2 is 1.48 bits per heavy atom. The van der Waals surface area contributed by atoms with Crippen molar-refractivity contribution in [3.63, 3.8) is 0 Å². The molecule has 2 aliphatic rings. The summed E-state index contributed by atoms with van der Waals surface area (Å²) in [7, 11) is 0. The Hall–Kier alpha value is -2.01. The second-order valence-electron chi connectivity index (χ2n) is 8.22. The Kier molecular flexibility index (Phi) is 6.48. The van der Waals surface area contributed by atoms with Crippen LogP contribution in [0.3, 0.4) is 0 Å². The van der Waals surface area contributed by atoms with Gasteiger partial charge >= 0.3 is 12.4 Å². The summed E-state index contributed by atoms with van der Waals surface area (Å²) in [4.78, 5) is 14.6. The highest BCUT2D eigenvalue weighted by Gasteiger charge is 2.51. The van der Waals surface area contributed by atoms with Crippen molar-refractivity contribution in [3.8, 4) is 5.75 Å². The summed E-state index contributed by atoms with van der Waals surface area (Å²) < 4.78 is 82.7. The van der Waals surface area contributed by atoms with Gasteiger partial charge in [-0.25, -0.2) is 0 Å². The van der Waals surface area contributed by atoms with Gasteiger partial charge in [0, 0.05) is 12.2 Å². The summed E-state index contributed by atoms with van der Waals surface area (Å²) in [5.74, 6) is -0.126. The molecule has 1 aromatic carbocycles. The molecule has 2 fully saturated rings. The minimum atomic E-state index is -4.47. The maximum atomic E-state index is 13.1. The van der Waals surface area contributed by atoms with Crippen molar-refractivity contribution >= 4 is 11.6 Å². The molecular formula is C20H23F6NO4. The lowest BCUT2D eigenvalue weighted by molar-refractivity contribution is -0.191. The number of carbonyl (C=O) groups excluding carboxylic acids is 1. The largest absolute Gasteiger partial charge is 0.484 e. The van der Waals surface area contributed by atoms with Crippen LogP contribution < -0.4 is 9.64 Å². The second-order valence-corrected chi connectivity index (χ2v) is 8.22. The molecule has 1 aliphatic carbocycles. The number of hydrogen-bond donors (Lipinski definition) is 1. The first kappa shape index (κ1) is 23.6. The molecule has 1 aromatic rings. The average molecular weight is 455 g/mol. The molecule has 31 heavy (non-hydrogen) atoms. The predicted octanol–water partition coefficient (Wildman–Crippen LogP) is 4.23. The third-order valence-corrected chi connectivity index (χ3v) is 5.84. The van der Waals surface area contributed by atoms with Crippen molar-refractivity contribution < 1.29 is 45.7 Å². The predicted molar refractivity (Wildman–Crippen MR) is 97.7 cm³/mol. The van der Waals surface area contributed by atoms with Crippen LogP contribution in [0, 0.1) is 5.41 Å². The van der Waals surface area contributed by atoms with Crippen LogP contribution in [0.15, 0.2) is 24.3 Å². The molecule has 3 rings (SSSR count). The van der Waals surface area contributed by atoms with E-state index in [-0.39, 0.29) is 24.5 Å². The number of rotatable bonds is 6. The van der Waals surface area contributed by atoms with Crippen molar-refractivity contribution in [2.75, 3.05) is 31.3 Å². The Morgan fingerprint density at radius 3 is 2.03 bits per heavy atom. The minimum Gasteiger partial charge on any atom is -0.484 e. The highest BCUT2D eigenvalue weighted by molar-refractivity contribution is 6.00. The fourth-order valence-electron chi connectivity index (χ4n) is 4.11. The molecule has 0 radical (unpaired) electrons. The third-order valence-electron chi connectivity index (χ3n) is 5.84. The quantitative estimate of drug-likeness (QED) is 0.653. The fourth-order valence-corrected chi connectivity index (χ4v) is 4.11. The number of carbonyl (C=O) groups is 1. The van der Waals surface area contributed by atoms with Gasteiger partial charge in [-0.3, -0.25) is 4.79 Å². The van der Waals surface area contributed by atoms with Gasteiger partial charge in [0.15, 0.2) is 6.61 Å². The van der Waals surface area contributed by atoms with E-state index < -0.39 is 43.2 Å². The number of benzene rings is 1. The monoisotopic (exact) mass is 455 g/mol. The number of halogens is 6. The fraction of sp³-hybridized carbons (Fsp3) is 0.650. The van der Waals surface area contributed by atoms with Crippen molar-refractivity contribution in [1.29, 1.82) is 0 Å². The maximum absolute atomic E-state index is 13.1. The summed E-state index contributed by atoms with van der Waals surface area (Å²) in [6.45, 7) is -2.88. The van der Waals surface area contributed by atoms with E-state index in [1.807, 2.05) is 0 Å². The number of aliphatic hydroxyl groups is 1. The van der Waals surface area contributed by atoms with Gasteiger partial charge in [0.25, 0.3) is 0 Å². The van der Waals surface area contributed by atoms with Crippen LogP contribution in [0.1, 0.15) is 32.1 Å². The van der Waals surface area contributed by atoms with Gasteiger partial charge in [0.2, 0.25) is 5.91 Å². The number of alkyl halides is 6. The molecule has 174 valence electrons. The molecule has 1 saturated carbocycles. The molecule has 5 nitrogen and oxygen atoms in total. The van der Waals surface area contributed by atoms with Gasteiger partial charge in [0.05, 0.1) is 17.6 Å². The van der Waals surface area contributed by atoms with Crippen molar-refractivity contribution in [1.82, 2.24) is 0 Å². The average Bonchev–Trinajstić information content (AvgIpc) is 2.98. The van der Waals surface area contributed by atoms with Gasteiger partial charge in [-0.1, -0.05) is 0 Å². The second kappa shape index (κ2) is 8.50. The smallest absolute Gasteiger partial charge is 0.422 e. The van der Waals surface area contributed by atoms with E-state index in [1.54, 1.807) is 0 Å². The van der Waals surface area contributed by atoms with E-state index in [2.05, 4.69) is 9.47 Å². The first-order chi connectivity index (χ1) is 14.3. The highest BCUT2D eigenvalue weighted by Crippen LogP contribution is 2.48. The summed E-state index contributed by atoms with van der Waals surface area (Å²) in [5, 5.41) is 10.5. The molecule has 1 spiro atoms. The summed E-state index contributed by atoms with van der Waals surface area (Å²) in [5.41, 5.74) is -1.58. The summed E-state index contributed by atoms with van der Waals surface area (Å²) >= 11 is 0. The van der Waals surface area contributed by atoms with Crippen LogP contribution in [0.2, 0.25) is 0 Å². The standard InChI is InChI=1S/C20H23F6NO4/c21-19(22,23)12-30-11-18(29)7-5-17(6-8-18)9-10-27(16(17)28)14-1-3-15(4-2-14)31-13-20(24,25)26/h1-4,29H,5-13H2/t17-,18-. The zero-order chi connectivity index (χ0) is 22.9. The highest BCUT2D eigenvalue weighted by atomic mass is 19.4. The number of hydrogen-bond acceptors (Lipinski definition) is 4. The van der Waals surface area contributed by atoms with E-state index in [9.17, 15) is 36.2 Å². The molecule has 1 saturated heterocycles. The molecule has 1 aliphatic heterocycles. The van der Waals surface area contributed by atoms with Gasteiger partial charge in [-0.05, 0) is 56.4 Å². The lowest BCUT2D eigenvalue weighted by atomic mass is 9.68. The van der Waals surface area contributed by atoms with Crippen molar-refractivity contribution in [2.45, 2.75) is 50.1 Å². The molecule has 1 heterocycles. The maximum Gasteiger partial charge on any atom is 0.422 e. The molecule has 0 bridgehead atoms. The number of amides is 1. The van der Waals surface area contributed by atoms with E-state index in [1.165, 1.54) is 29.2 Å². The third kappa shape index (κ3) is 6.03. The van der Waals surface area contributed by atoms with Crippen LogP contribution in [0.5, 0.6) is 5.75 Å². The van der Waals surface area contributed by atoms with Crippen LogP contribution in [0.25, 0.3) is 0 Å². The molecule has 0 unspecified atom stereocenters. The van der Waals surface area contributed by atoms with Gasteiger partial charge in [0.1, 0.15) is 12.4 Å². The van der Waals surface area contributed by atoms with Crippen LogP contribution in [-0.4, -0.2) is 55.3 Å². The molecule has 1 amide bonds. The van der Waals surface area contributed by atoms with E-state index in [4.69, 9.17) is 0 Å². The number of nitrogens with zero attached hydrogens (tertiary/aromatic N) is 1. The van der Waals surface area contributed by atoms with Gasteiger partial charge in [-0.2, -0.15) is 26.3 Å². The number of anilines is 1. The van der Waals surface area contributed by atoms with Crippen LogP contribution >= 0.6 is 0 Å². The van der Waals surface area contributed by atoms with Crippen molar-refractivity contribution in [2.24, 2.45) is 5.41 Å². The topological polar surface area (TPSA) is 59.0 Å². The first-order valence-electron chi connectivity index (χ1n) is 9.80. The van der Waals surface area contributed by atoms with E-state index in [0.717, 1.165) is 0 Å². The SMILES string of the molecule is O=C1N(c2ccc(OCC(F)(F)F)cc2)CC[C@]12CC[C@](O)(COCC(F)(F)F)CC2. The molecular weight excluding hydrogens is 432 g/mol. The van der Waals surface area contributed by atoms with Crippen molar-refractivity contribution in [3.05, 3.63) is 24.3 Å². The Morgan fingerprint density at radius 1 is 0.903 bits per heavy atom. The summed E-state index contributed by atoms with van der Waals surface area (Å²) in [6.07, 6.45) is -7.46. The van der Waals surface area contributed by atoms with Crippen LogP contribution in [-0.2, 0) is 9.53 Å². The normalized spacial score (nSPS) is 27.2. The van der Waals surface area contributed by atoms with E-state index >= 15 is 0 Å². The first-order valence-corrected chi connectivity index (χ1v) is 9.80. The van der Waals surface area contributed by atoms with Crippen LogP contribution in [0.4, 0.5) is 32.0 Å². The summed E-state index contributed by atoms with van der Waals surface area (Å²) in [6, 6.07) is 5.73. The zero-order valence-corrected chi connectivity index (χ0v) is 16.6. The molecule has 0 atom stereocenters. The minimum absolute atomic E-state index is 0.0315. The molecule has 0 aromatic heterocycles. The lowest BCUT2D eigenvalue weighted by Crippen LogP contribution is -2.46. The Bertz CT molecular complexity index is 769. The van der Waals surface area contributed by atoms with E-state index in [0.29, 0.717) is 31.5 Å².